The van der Waals surface area contributed by atoms with E-state index in [4.69, 9.17) is 13.9 Å². The minimum atomic E-state index is -0.327. The molecule has 1 aromatic heterocycles. The van der Waals surface area contributed by atoms with Crippen LogP contribution in [0.25, 0.3) is 11.5 Å². The van der Waals surface area contributed by atoms with Gasteiger partial charge in [0.2, 0.25) is 5.89 Å². The summed E-state index contributed by atoms with van der Waals surface area (Å²) in [5.41, 5.74) is 1.84. The first-order valence-electron chi connectivity index (χ1n) is 8.05. The van der Waals surface area contributed by atoms with Crippen molar-refractivity contribution in [1.82, 2.24) is 10.2 Å². The maximum Gasteiger partial charge on any atom is 0.313 e. The van der Waals surface area contributed by atoms with E-state index >= 15 is 0 Å². The van der Waals surface area contributed by atoms with Crippen LogP contribution in [-0.2, 0) is 22.6 Å². The first-order chi connectivity index (χ1) is 12.3. The summed E-state index contributed by atoms with van der Waals surface area (Å²) < 4.78 is 16.5. The minimum Gasteiger partial charge on any atom is -0.492 e. The minimum absolute atomic E-state index is 0.0448. The summed E-state index contributed by atoms with van der Waals surface area (Å²) in [6.07, 6.45) is 0.605. The van der Waals surface area contributed by atoms with Gasteiger partial charge in [-0.1, -0.05) is 36.4 Å². The largest absolute Gasteiger partial charge is 0.492 e. The molecule has 2 aromatic carbocycles. The predicted molar refractivity (Wildman–Crippen MR) is 88.7 cm³/mol. The van der Waals surface area contributed by atoms with Crippen LogP contribution in [0.2, 0.25) is 0 Å². The van der Waals surface area contributed by atoms with Gasteiger partial charge in [0.1, 0.15) is 12.4 Å². The van der Waals surface area contributed by atoms with E-state index < -0.39 is 0 Å². The first kappa shape index (κ1) is 15.4. The fourth-order valence-corrected chi connectivity index (χ4v) is 2.74. The second kappa shape index (κ2) is 6.76. The van der Waals surface area contributed by atoms with Gasteiger partial charge in [-0.2, -0.15) is 0 Å². The van der Waals surface area contributed by atoms with Gasteiger partial charge in [-0.05, 0) is 30.2 Å². The van der Waals surface area contributed by atoms with Gasteiger partial charge in [-0.3, -0.25) is 4.79 Å². The van der Waals surface area contributed by atoms with Crippen molar-refractivity contribution in [2.24, 2.45) is 5.92 Å². The van der Waals surface area contributed by atoms with Crippen LogP contribution in [0.4, 0.5) is 0 Å². The fraction of sp³-hybridized carbons (Fsp3) is 0.211. The molecule has 3 aromatic rings. The lowest BCUT2D eigenvalue weighted by Gasteiger charge is -2.23. The molecule has 0 N–H and O–H groups in total. The lowest BCUT2D eigenvalue weighted by Crippen LogP contribution is -2.29. The highest BCUT2D eigenvalue weighted by molar-refractivity contribution is 5.73. The van der Waals surface area contributed by atoms with Crippen LogP contribution in [0.3, 0.4) is 0 Å². The smallest absolute Gasteiger partial charge is 0.313 e. The van der Waals surface area contributed by atoms with Crippen LogP contribution >= 0.6 is 0 Å². The summed E-state index contributed by atoms with van der Waals surface area (Å²) in [4.78, 5) is 12.3. The van der Waals surface area contributed by atoms with E-state index in [1.807, 2.05) is 54.6 Å². The molecule has 6 nitrogen and oxygen atoms in total. The molecule has 6 heteroatoms. The second-order valence-electron chi connectivity index (χ2n) is 5.79. The first-order valence-corrected chi connectivity index (χ1v) is 8.05. The van der Waals surface area contributed by atoms with Crippen LogP contribution in [0.1, 0.15) is 11.5 Å². The maximum atomic E-state index is 12.3. The highest BCUT2D eigenvalue weighted by Crippen LogP contribution is 2.27. The number of aromatic nitrogens is 2. The lowest BCUT2D eigenvalue weighted by atomic mass is 9.97. The molecule has 2 heterocycles. The summed E-state index contributed by atoms with van der Waals surface area (Å²) in [5, 5.41) is 7.89. The molecule has 0 aliphatic carbocycles. The molecule has 0 bridgehead atoms. The van der Waals surface area contributed by atoms with Crippen molar-refractivity contribution in [3.05, 3.63) is 66.1 Å². The van der Waals surface area contributed by atoms with E-state index in [1.165, 1.54) is 0 Å². The Hall–Kier alpha value is -3.15. The normalized spacial score (nSPS) is 15.9. The van der Waals surface area contributed by atoms with Crippen LogP contribution in [0.5, 0.6) is 5.75 Å². The van der Waals surface area contributed by atoms with Gasteiger partial charge in [0.15, 0.2) is 6.61 Å². The van der Waals surface area contributed by atoms with Crippen LogP contribution < -0.4 is 4.74 Å². The number of benzene rings is 2. The van der Waals surface area contributed by atoms with Gasteiger partial charge in [-0.25, -0.2) is 0 Å². The molecule has 0 radical (unpaired) electrons. The van der Waals surface area contributed by atoms with E-state index in [2.05, 4.69) is 10.2 Å². The second-order valence-corrected chi connectivity index (χ2v) is 5.79. The van der Waals surface area contributed by atoms with Gasteiger partial charge < -0.3 is 13.9 Å². The molecule has 25 heavy (non-hydrogen) atoms. The third kappa shape index (κ3) is 3.38. The Morgan fingerprint density at radius 2 is 1.88 bits per heavy atom. The van der Waals surface area contributed by atoms with E-state index in [1.54, 1.807) is 0 Å². The summed E-state index contributed by atoms with van der Waals surface area (Å²) >= 11 is 0. The number of esters is 1. The van der Waals surface area contributed by atoms with Crippen LogP contribution in [0.15, 0.2) is 59.0 Å². The highest BCUT2D eigenvalue weighted by atomic mass is 16.5. The average molecular weight is 336 g/mol. The molecule has 0 fully saturated rings. The molecule has 4 rings (SSSR count). The number of ether oxygens (including phenoxy) is 2. The van der Waals surface area contributed by atoms with Gasteiger partial charge in [0.25, 0.3) is 5.89 Å². The molecule has 1 aliphatic rings. The number of nitrogens with zero attached hydrogens (tertiary/aromatic N) is 2. The summed E-state index contributed by atoms with van der Waals surface area (Å²) in [6, 6.07) is 17.1. The molecule has 1 atom stereocenters. The quantitative estimate of drug-likeness (QED) is 0.682. The Labute approximate surface area is 144 Å². The molecule has 1 aliphatic heterocycles. The average Bonchev–Trinajstić information content (AvgIpc) is 3.15. The molecule has 126 valence electrons. The van der Waals surface area contributed by atoms with Gasteiger partial charge in [-0.15, -0.1) is 10.2 Å². The van der Waals surface area contributed by atoms with Gasteiger partial charge >= 0.3 is 5.97 Å². The number of carbonyl (C=O) groups excluding carboxylic acids is 1. The summed E-state index contributed by atoms with van der Waals surface area (Å²) in [7, 11) is 0. The van der Waals surface area contributed by atoms with E-state index in [0.717, 1.165) is 16.9 Å². The van der Waals surface area contributed by atoms with Crippen molar-refractivity contribution >= 4 is 5.97 Å². The number of carbonyl (C=O) groups is 1. The fourth-order valence-electron chi connectivity index (χ4n) is 2.74. The van der Waals surface area contributed by atoms with Crippen molar-refractivity contribution in [3.63, 3.8) is 0 Å². The van der Waals surface area contributed by atoms with Gasteiger partial charge in [0.05, 0.1) is 5.92 Å². The molecular weight excluding hydrogens is 320 g/mol. The lowest BCUT2D eigenvalue weighted by molar-refractivity contribution is -0.152. The van der Waals surface area contributed by atoms with Gasteiger partial charge in [0, 0.05) is 5.56 Å². The molecule has 0 saturated carbocycles. The van der Waals surface area contributed by atoms with Crippen LogP contribution in [-0.4, -0.2) is 22.8 Å². The number of para-hydroxylation sites is 1. The zero-order valence-electron chi connectivity index (χ0n) is 13.4. The Kier molecular flexibility index (Phi) is 4.16. The third-order valence-corrected chi connectivity index (χ3v) is 4.04. The highest BCUT2D eigenvalue weighted by Gasteiger charge is 2.27. The summed E-state index contributed by atoms with van der Waals surface area (Å²) in [5.74, 6) is 0.849. The van der Waals surface area contributed by atoms with Crippen molar-refractivity contribution in [2.75, 3.05) is 6.61 Å². The third-order valence-electron chi connectivity index (χ3n) is 4.04. The van der Waals surface area contributed by atoms with E-state index in [0.29, 0.717) is 18.9 Å². The zero-order valence-corrected chi connectivity index (χ0v) is 13.4. The SMILES string of the molecule is O=C(OCc1nnc(-c2ccccc2)o1)C1COc2ccccc2C1. The number of rotatable bonds is 4. The molecule has 0 amide bonds. The van der Waals surface area contributed by atoms with Crippen molar-refractivity contribution in [2.45, 2.75) is 13.0 Å². The standard InChI is InChI=1S/C19H16N2O4/c22-19(15-10-14-8-4-5-9-16(14)23-11-15)24-12-17-20-21-18(25-17)13-6-2-1-3-7-13/h1-9,15H,10-12H2. The predicted octanol–water partition coefficient (Wildman–Crippen LogP) is 3.03. The Bertz CT molecular complexity index is 876. The molecule has 1 unspecified atom stereocenters. The van der Waals surface area contributed by atoms with E-state index in [9.17, 15) is 4.79 Å². The van der Waals surface area contributed by atoms with E-state index in [-0.39, 0.29) is 24.4 Å². The number of hydrogen-bond acceptors (Lipinski definition) is 6. The number of fused-ring (bicyclic) bond motifs is 1. The molecule has 0 spiro atoms. The Morgan fingerprint density at radius 1 is 1.08 bits per heavy atom. The topological polar surface area (TPSA) is 74.5 Å². The maximum absolute atomic E-state index is 12.3. The van der Waals surface area contributed by atoms with Crippen LogP contribution in [0, 0.1) is 5.92 Å². The Balaban J connectivity index is 1.36. The summed E-state index contributed by atoms with van der Waals surface area (Å²) in [6.45, 7) is 0.270. The number of hydrogen-bond donors (Lipinski definition) is 0. The molecular formula is C19H16N2O4. The van der Waals surface area contributed by atoms with Crippen molar-refractivity contribution < 1.29 is 18.7 Å². The molecule has 0 saturated heterocycles. The monoisotopic (exact) mass is 336 g/mol. The Morgan fingerprint density at radius 3 is 2.76 bits per heavy atom. The zero-order chi connectivity index (χ0) is 17.1. The van der Waals surface area contributed by atoms with Crippen molar-refractivity contribution in [3.8, 4) is 17.2 Å². The van der Waals surface area contributed by atoms with Crippen molar-refractivity contribution in [1.29, 1.82) is 0 Å².